The predicted molar refractivity (Wildman–Crippen MR) is 42.8 cm³/mol. The predicted octanol–water partition coefficient (Wildman–Crippen LogP) is 0.0231. The molecule has 0 saturated heterocycles. The standard InChI is InChI=1S/C6H8BN3O/c1-11-6-3-2-5(8-4-7)9-10-6/h2-3H,4H2,1H3,(H,8,9). The van der Waals surface area contributed by atoms with Crippen molar-refractivity contribution in [2.24, 2.45) is 0 Å². The summed E-state index contributed by atoms with van der Waals surface area (Å²) in [5.74, 6) is 1.14. The van der Waals surface area contributed by atoms with E-state index < -0.39 is 0 Å². The maximum absolute atomic E-state index is 5.22. The van der Waals surface area contributed by atoms with E-state index in [1.165, 1.54) is 0 Å². The number of nitrogens with zero attached hydrogens (tertiary/aromatic N) is 2. The minimum Gasteiger partial charge on any atom is -0.480 e. The van der Waals surface area contributed by atoms with Crippen molar-refractivity contribution in [2.75, 3.05) is 18.9 Å². The zero-order chi connectivity index (χ0) is 8.10. The van der Waals surface area contributed by atoms with E-state index in [0.29, 0.717) is 18.1 Å². The number of rotatable bonds is 3. The topological polar surface area (TPSA) is 47.0 Å². The Bertz CT molecular complexity index is 214. The summed E-state index contributed by atoms with van der Waals surface area (Å²) in [7, 11) is 6.76. The van der Waals surface area contributed by atoms with Gasteiger partial charge in [0.2, 0.25) is 5.88 Å². The lowest BCUT2D eigenvalue weighted by atomic mass is 10.2. The summed E-state index contributed by atoms with van der Waals surface area (Å²) in [6.45, 7) is 0. The van der Waals surface area contributed by atoms with E-state index in [1.807, 2.05) is 0 Å². The fraction of sp³-hybridized carbons (Fsp3) is 0.333. The van der Waals surface area contributed by atoms with Gasteiger partial charge < -0.3 is 10.1 Å². The summed E-state index contributed by atoms with van der Waals surface area (Å²) in [6, 6.07) is 3.46. The molecule has 4 nitrogen and oxygen atoms in total. The second kappa shape index (κ2) is 3.80. The quantitative estimate of drug-likeness (QED) is 0.615. The highest BCUT2D eigenvalue weighted by molar-refractivity contribution is 6.10. The van der Waals surface area contributed by atoms with E-state index in [-0.39, 0.29) is 0 Å². The maximum atomic E-state index is 5.22. The molecule has 0 aliphatic carbocycles. The number of anilines is 1. The van der Waals surface area contributed by atoms with Crippen LogP contribution in [0.4, 0.5) is 5.82 Å². The highest BCUT2D eigenvalue weighted by atomic mass is 16.5. The molecular weight excluding hydrogens is 141 g/mol. The lowest BCUT2D eigenvalue weighted by Crippen LogP contribution is -2.03. The van der Waals surface area contributed by atoms with E-state index in [1.54, 1.807) is 19.2 Å². The second-order valence-electron chi connectivity index (χ2n) is 1.84. The molecular formula is C6H8BN3O. The fourth-order valence-electron chi connectivity index (χ4n) is 0.628. The summed E-state index contributed by atoms with van der Waals surface area (Å²) >= 11 is 0. The van der Waals surface area contributed by atoms with Gasteiger partial charge in [-0.25, -0.2) is 0 Å². The van der Waals surface area contributed by atoms with Crippen LogP contribution < -0.4 is 10.1 Å². The van der Waals surface area contributed by atoms with Crippen molar-refractivity contribution >= 4 is 13.7 Å². The van der Waals surface area contributed by atoms with Crippen LogP contribution in [0.1, 0.15) is 0 Å². The molecule has 1 heterocycles. The van der Waals surface area contributed by atoms with Crippen molar-refractivity contribution in [1.29, 1.82) is 0 Å². The monoisotopic (exact) mass is 149 g/mol. The molecule has 0 aromatic carbocycles. The third kappa shape index (κ3) is 2.11. The summed E-state index contributed by atoms with van der Waals surface area (Å²) in [5, 5.41) is 10.3. The Morgan fingerprint density at radius 3 is 2.82 bits per heavy atom. The van der Waals surface area contributed by atoms with Crippen LogP contribution in [-0.4, -0.2) is 31.6 Å². The molecule has 1 aromatic heterocycles. The molecule has 1 rings (SSSR count). The molecule has 2 radical (unpaired) electrons. The fourth-order valence-corrected chi connectivity index (χ4v) is 0.628. The van der Waals surface area contributed by atoms with Crippen LogP contribution in [0.2, 0.25) is 0 Å². The van der Waals surface area contributed by atoms with Gasteiger partial charge in [-0.2, -0.15) is 0 Å². The van der Waals surface area contributed by atoms with Crippen molar-refractivity contribution in [3.05, 3.63) is 12.1 Å². The first-order valence-corrected chi connectivity index (χ1v) is 3.18. The third-order valence-electron chi connectivity index (χ3n) is 1.13. The van der Waals surface area contributed by atoms with Crippen LogP contribution in [0, 0.1) is 0 Å². The third-order valence-corrected chi connectivity index (χ3v) is 1.13. The molecule has 0 aliphatic heterocycles. The van der Waals surface area contributed by atoms with Gasteiger partial charge in [0.15, 0.2) is 0 Å². The molecule has 1 aromatic rings. The molecule has 0 spiro atoms. The first kappa shape index (κ1) is 7.85. The average Bonchev–Trinajstić information content (AvgIpc) is 2.07. The van der Waals surface area contributed by atoms with Gasteiger partial charge in [0.05, 0.1) is 15.0 Å². The van der Waals surface area contributed by atoms with E-state index in [2.05, 4.69) is 15.5 Å². The SMILES string of the molecule is [B]CNc1ccc(OC)nn1. The number of aromatic nitrogens is 2. The zero-order valence-corrected chi connectivity index (χ0v) is 6.24. The molecule has 11 heavy (non-hydrogen) atoms. The highest BCUT2D eigenvalue weighted by Crippen LogP contribution is 2.05. The number of methoxy groups -OCH3 is 1. The minimum atomic E-state index is 0.348. The van der Waals surface area contributed by atoms with Crippen molar-refractivity contribution in [3.63, 3.8) is 0 Å². The van der Waals surface area contributed by atoms with Gasteiger partial charge in [-0.05, 0) is 12.5 Å². The first-order chi connectivity index (χ1) is 5.36. The zero-order valence-electron chi connectivity index (χ0n) is 6.24. The van der Waals surface area contributed by atoms with E-state index >= 15 is 0 Å². The van der Waals surface area contributed by atoms with Gasteiger partial charge in [-0.3, -0.25) is 0 Å². The average molecular weight is 149 g/mol. The van der Waals surface area contributed by atoms with Crippen LogP contribution >= 0.6 is 0 Å². The van der Waals surface area contributed by atoms with Crippen LogP contribution in [0.3, 0.4) is 0 Å². The number of hydrogen-bond donors (Lipinski definition) is 1. The van der Waals surface area contributed by atoms with Gasteiger partial charge in [0, 0.05) is 6.07 Å². The van der Waals surface area contributed by atoms with Crippen molar-refractivity contribution < 1.29 is 4.74 Å². The highest BCUT2D eigenvalue weighted by Gasteiger charge is 1.93. The molecule has 5 heteroatoms. The molecule has 1 N–H and O–H groups in total. The largest absolute Gasteiger partial charge is 0.480 e. The molecule has 0 aliphatic rings. The van der Waals surface area contributed by atoms with E-state index in [4.69, 9.17) is 12.6 Å². The molecule has 0 bridgehead atoms. The van der Waals surface area contributed by atoms with Crippen LogP contribution in [0.5, 0.6) is 5.88 Å². The van der Waals surface area contributed by atoms with Gasteiger partial charge in [0.25, 0.3) is 0 Å². The maximum Gasteiger partial charge on any atom is 0.233 e. The van der Waals surface area contributed by atoms with Crippen LogP contribution in [0.25, 0.3) is 0 Å². The van der Waals surface area contributed by atoms with Gasteiger partial charge in [-0.1, -0.05) is 0 Å². The van der Waals surface area contributed by atoms with Crippen molar-refractivity contribution in [1.82, 2.24) is 10.2 Å². The Labute approximate surface area is 66.4 Å². The molecule has 0 amide bonds. The first-order valence-electron chi connectivity index (χ1n) is 3.18. The van der Waals surface area contributed by atoms with Crippen molar-refractivity contribution in [2.45, 2.75) is 0 Å². The Morgan fingerprint density at radius 2 is 2.36 bits per heavy atom. The summed E-state index contributed by atoms with van der Waals surface area (Å²) in [4.78, 5) is 0. The normalized spacial score (nSPS) is 9.18. The second-order valence-corrected chi connectivity index (χ2v) is 1.84. The summed E-state index contributed by atoms with van der Waals surface area (Å²) in [6.07, 6.45) is 0.348. The molecule has 0 saturated carbocycles. The lowest BCUT2D eigenvalue weighted by Gasteiger charge is -2.00. The smallest absolute Gasteiger partial charge is 0.233 e. The Balaban J connectivity index is 2.66. The summed E-state index contributed by atoms with van der Waals surface area (Å²) < 4.78 is 4.81. The van der Waals surface area contributed by atoms with Crippen molar-refractivity contribution in [3.8, 4) is 5.88 Å². The van der Waals surface area contributed by atoms with Gasteiger partial charge in [-0.15, -0.1) is 10.2 Å². The van der Waals surface area contributed by atoms with Gasteiger partial charge in [0.1, 0.15) is 5.82 Å². The molecule has 56 valence electrons. The molecule has 0 unspecified atom stereocenters. The van der Waals surface area contributed by atoms with Crippen LogP contribution in [0.15, 0.2) is 12.1 Å². The molecule has 0 fully saturated rings. The summed E-state index contributed by atoms with van der Waals surface area (Å²) in [5.41, 5.74) is 0. The lowest BCUT2D eigenvalue weighted by molar-refractivity contribution is 0.392. The number of hydrogen-bond acceptors (Lipinski definition) is 4. The van der Waals surface area contributed by atoms with Gasteiger partial charge >= 0.3 is 0 Å². The number of ether oxygens (including phenoxy) is 1. The number of nitrogens with one attached hydrogen (secondary N) is 1. The van der Waals surface area contributed by atoms with E-state index in [9.17, 15) is 0 Å². The Kier molecular flexibility index (Phi) is 2.71. The Hall–Kier alpha value is -1.26. The van der Waals surface area contributed by atoms with E-state index in [0.717, 1.165) is 0 Å². The minimum absolute atomic E-state index is 0.348. The molecule has 0 atom stereocenters. The Morgan fingerprint density at radius 1 is 1.55 bits per heavy atom. The van der Waals surface area contributed by atoms with Crippen LogP contribution in [-0.2, 0) is 0 Å².